The first kappa shape index (κ1) is 20.0. The fourth-order valence-electron chi connectivity index (χ4n) is 3.41. The quantitative estimate of drug-likeness (QED) is 0.764. The number of aryl methyl sites for hydroxylation is 1. The smallest absolute Gasteiger partial charge is 0.207 e. The SMILES string of the molecule is Cc1nn(S(=O)(=O)c2ccc(F)cc2)c(C)c1S(=O)(=O)N1CCCC(C)C1. The van der Waals surface area contributed by atoms with Gasteiger partial charge in [0.25, 0.3) is 10.0 Å². The predicted molar refractivity (Wildman–Crippen MR) is 97.8 cm³/mol. The van der Waals surface area contributed by atoms with Crippen molar-refractivity contribution in [2.24, 2.45) is 5.92 Å². The van der Waals surface area contributed by atoms with E-state index in [4.69, 9.17) is 0 Å². The molecule has 0 N–H and O–H groups in total. The molecule has 0 aliphatic carbocycles. The molecule has 1 aliphatic heterocycles. The molecule has 3 rings (SSSR count). The van der Waals surface area contributed by atoms with Gasteiger partial charge in [0.1, 0.15) is 10.7 Å². The van der Waals surface area contributed by atoms with Crippen LogP contribution in [0.2, 0.25) is 0 Å². The minimum atomic E-state index is -4.13. The summed E-state index contributed by atoms with van der Waals surface area (Å²) in [6.45, 7) is 5.69. The summed E-state index contributed by atoms with van der Waals surface area (Å²) >= 11 is 0. The van der Waals surface area contributed by atoms with E-state index in [2.05, 4.69) is 5.10 Å². The van der Waals surface area contributed by atoms with Crippen molar-refractivity contribution in [3.05, 3.63) is 41.5 Å². The van der Waals surface area contributed by atoms with Crippen LogP contribution in [0, 0.1) is 25.6 Å². The Labute approximate surface area is 158 Å². The third-order valence-electron chi connectivity index (χ3n) is 4.74. The van der Waals surface area contributed by atoms with Gasteiger partial charge in [-0.05, 0) is 56.9 Å². The molecule has 148 valence electrons. The van der Waals surface area contributed by atoms with Gasteiger partial charge in [0.05, 0.1) is 16.3 Å². The molecule has 0 spiro atoms. The molecule has 2 heterocycles. The van der Waals surface area contributed by atoms with Crippen molar-refractivity contribution in [1.82, 2.24) is 13.5 Å². The molecule has 1 fully saturated rings. The molecule has 1 aromatic carbocycles. The number of sulfonamides is 1. The standard InChI is InChI=1S/C17H22FN3O4S2/c1-12-5-4-10-20(11-12)27(24,25)17-13(2)19-21(14(17)3)26(22,23)16-8-6-15(18)7-9-16/h6-9,12H,4-5,10-11H2,1-3H3. The van der Waals surface area contributed by atoms with Crippen molar-refractivity contribution in [1.29, 1.82) is 0 Å². The Morgan fingerprint density at radius 2 is 1.70 bits per heavy atom. The van der Waals surface area contributed by atoms with Crippen LogP contribution >= 0.6 is 0 Å². The van der Waals surface area contributed by atoms with Crippen molar-refractivity contribution >= 4 is 20.0 Å². The molecule has 1 aromatic heterocycles. The lowest BCUT2D eigenvalue weighted by atomic mass is 10.0. The summed E-state index contributed by atoms with van der Waals surface area (Å²) in [5, 5.41) is 3.99. The number of piperidine rings is 1. The van der Waals surface area contributed by atoms with Gasteiger partial charge in [-0.1, -0.05) is 6.92 Å². The van der Waals surface area contributed by atoms with Crippen LogP contribution in [0.15, 0.2) is 34.1 Å². The summed E-state index contributed by atoms with van der Waals surface area (Å²) in [6.07, 6.45) is 1.72. The van der Waals surface area contributed by atoms with Crippen LogP contribution in [0.25, 0.3) is 0 Å². The fraction of sp³-hybridized carbons (Fsp3) is 0.471. The second kappa shape index (κ2) is 6.99. The van der Waals surface area contributed by atoms with Crippen molar-refractivity contribution in [3.8, 4) is 0 Å². The lowest BCUT2D eigenvalue weighted by molar-refractivity contribution is 0.281. The Morgan fingerprint density at radius 3 is 2.30 bits per heavy atom. The summed E-state index contributed by atoms with van der Waals surface area (Å²) in [5.74, 6) is -0.322. The normalized spacial score (nSPS) is 19.3. The average molecular weight is 416 g/mol. The maximum absolute atomic E-state index is 13.1. The van der Waals surface area contributed by atoms with Gasteiger partial charge in [-0.3, -0.25) is 0 Å². The highest BCUT2D eigenvalue weighted by Gasteiger charge is 2.35. The van der Waals surface area contributed by atoms with E-state index in [9.17, 15) is 21.2 Å². The van der Waals surface area contributed by atoms with E-state index in [1.54, 1.807) is 0 Å². The Balaban J connectivity index is 2.08. The van der Waals surface area contributed by atoms with Crippen LogP contribution in [-0.2, 0) is 20.0 Å². The molecule has 27 heavy (non-hydrogen) atoms. The van der Waals surface area contributed by atoms with Gasteiger partial charge >= 0.3 is 0 Å². The summed E-state index contributed by atoms with van der Waals surface area (Å²) in [4.78, 5) is -0.243. The van der Waals surface area contributed by atoms with E-state index in [0.29, 0.717) is 13.1 Å². The predicted octanol–water partition coefficient (Wildman–Crippen LogP) is 2.30. The molecule has 0 radical (unpaired) electrons. The molecule has 0 amide bonds. The summed E-state index contributed by atoms with van der Waals surface area (Å²) in [6, 6.07) is 4.32. The number of hydrogen-bond donors (Lipinski definition) is 0. The van der Waals surface area contributed by atoms with Crippen LogP contribution in [0.3, 0.4) is 0 Å². The Kier molecular flexibility index (Phi) is 5.17. The third kappa shape index (κ3) is 3.53. The second-order valence-electron chi connectivity index (χ2n) is 6.91. The van der Waals surface area contributed by atoms with E-state index < -0.39 is 25.9 Å². The summed E-state index contributed by atoms with van der Waals surface area (Å²) in [5.41, 5.74) is 0.145. The Hall–Kier alpha value is -1.78. The minimum absolute atomic E-state index is 0.0232. The fourth-order valence-corrected chi connectivity index (χ4v) is 6.78. The Bertz CT molecular complexity index is 1060. The zero-order valence-corrected chi connectivity index (χ0v) is 17.0. The number of halogens is 1. The van der Waals surface area contributed by atoms with Gasteiger partial charge in [0.2, 0.25) is 10.0 Å². The highest BCUT2D eigenvalue weighted by Crippen LogP contribution is 2.29. The van der Waals surface area contributed by atoms with Gasteiger partial charge in [0, 0.05) is 13.1 Å². The van der Waals surface area contributed by atoms with Crippen molar-refractivity contribution < 1.29 is 21.2 Å². The zero-order chi connectivity index (χ0) is 20.0. The first-order chi connectivity index (χ1) is 12.5. The van der Waals surface area contributed by atoms with Crippen LogP contribution in [-0.4, -0.2) is 43.4 Å². The molecule has 0 saturated carbocycles. The minimum Gasteiger partial charge on any atom is -0.207 e. The van der Waals surface area contributed by atoms with Crippen molar-refractivity contribution in [2.75, 3.05) is 13.1 Å². The largest absolute Gasteiger partial charge is 0.283 e. The van der Waals surface area contributed by atoms with E-state index in [1.807, 2.05) is 6.92 Å². The maximum atomic E-state index is 13.1. The van der Waals surface area contributed by atoms with Crippen molar-refractivity contribution in [3.63, 3.8) is 0 Å². The molecule has 1 aliphatic rings. The van der Waals surface area contributed by atoms with Gasteiger partial charge < -0.3 is 0 Å². The summed E-state index contributed by atoms with van der Waals surface area (Å²) in [7, 11) is -7.99. The van der Waals surface area contributed by atoms with E-state index in [-0.39, 0.29) is 27.1 Å². The lowest BCUT2D eigenvalue weighted by Gasteiger charge is -2.30. The lowest BCUT2D eigenvalue weighted by Crippen LogP contribution is -2.39. The summed E-state index contributed by atoms with van der Waals surface area (Å²) < 4.78 is 67.2. The van der Waals surface area contributed by atoms with E-state index in [0.717, 1.165) is 41.2 Å². The van der Waals surface area contributed by atoms with E-state index >= 15 is 0 Å². The molecule has 7 nitrogen and oxygen atoms in total. The number of hydrogen-bond acceptors (Lipinski definition) is 5. The monoisotopic (exact) mass is 415 g/mol. The van der Waals surface area contributed by atoms with Gasteiger partial charge in [-0.25, -0.2) is 12.8 Å². The first-order valence-electron chi connectivity index (χ1n) is 8.62. The molecule has 10 heteroatoms. The highest BCUT2D eigenvalue weighted by molar-refractivity contribution is 7.90. The topological polar surface area (TPSA) is 89.3 Å². The van der Waals surface area contributed by atoms with Crippen LogP contribution in [0.4, 0.5) is 4.39 Å². The molecular weight excluding hydrogens is 393 g/mol. The zero-order valence-electron chi connectivity index (χ0n) is 15.4. The Morgan fingerprint density at radius 1 is 1.07 bits per heavy atom. The number of rotatable bonds is 4. The van der Waals surface area contributed by atoms with Crippen LogP contribution < -0.4 is 0 Å². The maximum Gasteiger partial charge on any atom is 0.283 e. The number of aromatic nitrogens is 2. The van der Waals surface area contributed by atoms with Gasteiger partial charge in [-0.2, -0.15) is 21.9 Å². The first-order valence-corrected chi connectivity index (χ1v) is 11.5. The number of benzene rings is 1. The van der Waals surface area contributed by atoms with Crippen LogP contribution in [0.1, 0.15) is 31.2 Å². The highest BCUT2D eigenvalue weighted by atomic mass is 32.2. The van der Waals surface area contributed by atoms with Crippen LogP contribution in [0.5, 0.6) is 0 Å². The van der Waals surface area contributed by atoms with Gasteiger partial charge in [-0.15, -0.1) is 0 Å². The average Bonchev–Trinajstić information content (AvgIpc) is 2.91. The van der Waals surface area contributed by atoms with Crippen molar-refractivity contribution in [2.45, 2.75) is 43.4 Å². The third-order valence-corrected chi connectivity index (χ3v) is 8.54. The van der Waals surface area contributed by atoms with E-state index in [1.165, 1.54) is 18.2 Å². The molecule has 0 bridgehead atoms. The van der Waals surface area contributed by atoms with Gasteiger partial charge in [0.15, 0.2) is 0 Å². The second-order valence-corrected chi connectivity index (χ2v) is 10.6. The number of nitrogens with zero attached hydrogens (tertiary/aromatic N) is 3. The molecular formula is C17H22FN3O4S2. The molecule has 1 saturated heterocycles. The molecule has 1 unspecified atom stereocenters. The molecule has 2 aromatic rings. The molecule has 1 atom stereocenters.